The van der Waals surface area contributed by atoms with Crippen LogP contribution in [0.5, 0.6) is 0 Å². The maximum atomic E-state index is 12.5. The molecule has 0 spiro atoms. The van der Waals surface area contributed by atoms with Crippen LogP contribution >= 0.6 is 11.6 Å². The summed E-state index contributed by atoms with van der Waals surface area (Å²) < 4.78 is 4.96. The Balaban J connectivity index is 2.01. The summed E-state index contributed by atoms with van der Waals surface area (Å²) >= 11 is 6.16. The number of carbonyl (C=O) groups is 1. The first-order valence-electron chi connectivity index (χ1n) is 8.76. The number of nitro groups is 1. The van der Waals surface area contributed by atoms with E-state index in [0.717, 1.165) is 16.6 Å². The van der Waals surface area contributed by atoms with E-state index in [1.807, 2.05) is 18.2 Å². The monoisotopic (exact) mass is 401 g/mol. The fraction of sp³-hybridized carbons (Fsp3) is 0.250. The normalized spacial score (nSPS) is 12.1. The summed E-state index contributed by atoms with van der Waals surface area (Å²) in [6.45, 7) is 0.837. The Morgan fingerprint density at radius 2 is 2.14 bits per heavy atom. The van der Waals surface area contributed by atoms with Crippen LogP contribution in [0.25, 0.3) is 10.9 Å². The van der Waals surface area contributed by atoms with E-state index < -0.39 is 4.92 Å². The van der Waals surface area contributed by atoms with Gasteiger partial charge in [0.05, 0.1) is 11.5 Å². The van der Waals surface area contributed by atoms with Gasteiger partial charge in [0, 0.05) is 60.2 Å². The Kier molecular flexibility index (Phi) is 6.28. The first-order chi connectivity index (χ1) is 13.5. The summed E-state index contributed by atoms with van der Waals surface area (Å²) in [6.07, 6.45) is 1.97. The van der Waals surface area contributed by atoms with Gasteiger partial charge in [0.15, 0.2) is 0 Å². The third-order valence-corrected chi connectivity index (χ3v) is 4.79. The molecule has 0 fully saturated rings. The highest BCUT2D eigenvalue weighted by molar-refractivity contribution is 6.30. The van der Waals surface area contributed by atoms with Gasteiger partial charge in [0.2, 0.25) is 5.91 Å². The molecule has 0 aliphatic heterocycles. The number of benzene rings is 2. The number of H-pyrrole nitrogens is 1. The Morgan fingerprint density at radius 3 is 2.86 bits per heavy atom. The van der Waals surface area contributed by atoms with Gasteiger partial charge in [-0.05, 0) is 29.3 Å². The molecule has 2 N–H and O–H groups in total. The highest BCUT2D eigenvalue weighted by Crippen LogP contribution is 2.35. The number of rotatable bonds is 8. The molecule has 3 aromatic rings. The van der Waals surface area contributed by atoms with Crippen LogP contribution in [-0.2, 0) is 9.53 Å². The van der Waals surface area contributed by atoms with E-state index in [-0.39, 0.29) is 23.9 Å². The number of halogens is 1. The van der Waals surface area contributed by atoms with Crippen molar-refractivity contribution < 1.29 is 14.5 Å². The zero-order chi connectivity index (χ0) is 20.1. The SMILES string of the molecule is COCCNC(=O)CC(c1cccc(Cl)c1)c1c[nH]c2ccc([N+](=O)[O-])cc12. The third kappa shape index (κ3) is 4.49. The molecule has 3 rings (SSSR count). The minimum absolute atomic E-state index is 0.00254. The molecule has 1 aromatic heterocycles. The van der Waals surface area contributed by atoms with Crippen molar-refractivity contribution in [1.82, 2.24) is 10.3 Å². The predicted molar refractivity (Wildman–Crippen MR) is 108 cm³/mol. The summed E-state index contributed by atoms with van der Waals surface area (Å²) in [4.78, 5) is 26.4. The molecule has 0 radical (unpaired) electrons. The molecule has 0 aliphatic rings. The Labute approximate surface area is 166 Å². The number of aromatic nitrogens is 1. The zero-order valence-corrected chi connectivity index (χ0v) is 16.0. The Bertz CT molecular complexity index is 1000. The molecular weight excluding hydrogens is 382 g/mol. The van der Waals surface area contributed by atoms with Crippen LogP contribution in [-0.4, -0.2) is 36.1 Å². The topological polar surface area (TPSA) is 97.3 Å². The van der Waals surface area contributed by atoms with E-state index in [1.54, 1.807) is 25.4 Å². The van der Waals surface area contributed by atoms with Crippen molar-refractivity contribution in [1.29, 1.82) is 0 Å². The number of non-ortho nitro benzene ring substituents is 1. The maximum absolute atomic E-state index is 12.5. The lowest BCUT2D eigenvalue weighted by Gasteiger charge is -2.17. The molecule has 7 nitrogen and oxygen atoms in total. The number of nitrogens with zero attached hydrogens (tertiary/aromatic N) is 1. The van der Waals surface area contributed by atoms with Crippen LogP contribution in [0.1, 0.15) is 23.5 Å². The van der Waals surface area contributed by atoms with Crippen LogP contribution in [0, 0.1) is 10.1 Å². The van der Waals surface area contributed by atoms with Crippen molar-refractivity contribution in [2.75, 3.05) is 20.3 Å². The smallest absolute Gasteiger partial charge is 0.270 e. The van der Waals surface area contributed by atoms with E-state index in [1.165, 1.54) is 12.1 Å². The second kappa shape index (κ2) is 8.86. The number of fused-ring (bicyclic) bond motifs is 1. The first kappa shape index (κ1) is 19.9. The largest absolute Gasteiger partial charge is 0.383 e. The van der Waals surface area contributed by atoms with Gasteiger partial charge in [-0.3, -0.25) is 14.9 Å². The number of aromatic amines is 1. The molecule has 0 saturated carbocycles. The molecule has 0 aliphatic carbocycles. The number of hydrogen-bond acceptors (Lipinski definition) is 4. The second-order valence-electron chi connectivity index (χ2n) is 6.39. The van der Waals surface area contributed by atoms with E-state index in [2.05, 4.69) is 10.3 Å². The van der Waals surface area contributed by atoms with Crippen molar-refractivity contribution in [3.05, 3.63) is 74.9 Å². The third-order valence-electron chi connectivity index (χ3n) is 4.55. The summed E-state index contributed by atoms with van der Waals surface area (Å²) in [5, 5.41) is 15.3. The van der Waals surface area contributed by atoms with Gasteiger partial charge in [-0.2, -0.15) is 0 Å². The fourth-order valence-corrected chi connectivity index (χ4v) is 3.41. The number of amides is 1. The Morgan fingerprint density at radius 1 is 1.32 bits per heavy atom. The molecule has 8 heteroatoms. The molecule has 1 amide bonds. The minimum atomic E-state index is -0.429. The summed E-state index contributed by atoms with van der Waals surface area (Å²) in [5.74, 6) is -0.446. The number of nitro benzene ring substituents is 1. The van der Waals surface area contributed by atoms with Gasteiger partial charge < -0.3 is 15.0 Å². The average molecular weight is 402 g/mol. The van der Waals surface area contributed by atoms with Gasteiger partial charge >= 0.3 is 0 Å². The van der Waals surface area contributed by atoms with E-state index in [0.29, 0.717) is 23.6 Å². The van der Waals surface area contributed by atoms with Crippen molar-refractivity contribution >= 4 is 34.1 Å². The van der Waals surface area contributed by atoms with Crippen LogP contribution in [0.3, 0.4) is 0 Å². The first-order valence-corrected chi connectivity index (χ1v) is 9.14. The molecule has 2 aromatic carbocycles. The standard InChI is InChI=1S/C20H20ClN3O4/c1-28-8-7-22-20(25)11-16(13-3-2-4-14(21)9-13)18-12-23-19-6-5-15(24(26)27)10-17(18)19/h2-6,9-10,12,16,23H,7-8,11H2,1H3,(H,22,25). The minimum Gasteiger partial charge on any atom is -0.383 e. The van der Waals surface area contributed by atoms with E-state index >= 15 is 0 Å². The van der Waals surface area contributed by atoms with Crippen molar-refractivity contribution in [2.24, 2.45) is 0 Å². The Hall–Kier alpha value is -2.90. The van der Waals surface area contributed by atoms with Crippen molar-refractivity contribution in [3.8, 4) is 0 Å². The molecule has 1 heterocycles. The van der Waals surface area contributed by atoms with Crippen LogP contribution in [0.2, 0.25) is 5.02 Å². The lowest BCUT2D eigenvalue weighted by atomic mass is 9.88. The van der Waals surface area contributed by atoms with Gasteiger partial charge in [-0.1, -0.05) is 23.7 Å². The molecule has 1 atom stereocenters. The lowest BCUT2D eigenvalue weighted by Crippen LogP contribution is -2.28. The summed E-state index contributed by atoms with van der Waals surface area (Å²) in [7, 11) is 1.57. The number of carbonyl (C=O) groups excluding carboxylic acids is 1. The highest BCUT2D eigenvalue weighted by atomic mass is 35.5. The van der Waals surface area contributed by atoms with Crippen LogP contribution in [0.4, 0.5) is 5.69 Å². The van der Waals surface area contributed by atoms with E-state index in [9.17, 15) is 14.9 Å². The number of nitrogens with one attached hydrogen (secondary N) is 2. The van der Waals surface area contributed by atoms with Crippen molar-refractivity contribution in [2.45, 2.75) is 12.3 Å². The van der Waals surface area contributed by atoms with E-state index in [4.69, 9.17) is 16.3 Å². The van der Waals surface area contributed by atoms with Gasteiger partial charge in [0.1, 0.15) is 0 Å². The van der Waals surface area contributed by atoms with Gasteiger partial charge in [-0.25, -0.2) is 0 Å². The maximum Gasteiger partial charge on any atom is 0.270 e. The summed E-state index contributed by atoms with van der Waals surface area (Å²) in [6, 6.07) is 12.0. The lowest BCUT2D eigenvalue weighted by molar-refractivity contribution is -0.384. The predicted octanol–water partition coefficient (Wildman–Crippen LogP) is 4.01. The number of methoxy groups -OCH3 is 1. The quantitative estimate of drug-likeness (QED) is 0.338. The molecule has 0 saturated heterocycles. The second-order valence-corrected chi connectivity index (χ2v) is 6.82. The molecule has 0 bridgehead atoms. The number of ether oxygens (including phenoxy) is 1. The molecule has 28 heavy (non-hydrogen) atoms. The average Bonchev–Trinajstić information content (AvgIpc) is 3.09. The zero-order valence-electron chi connectivity index (χ0n) is 15.3. The molecular formula is C20H20ClN3O4. The highest BCUT2D eigenvalue weighted by Gasteiger charge is 2.23. The fourth-order valence-electron chi connectivity index (χ4n) is 3.21. The molecule has 1 unspecified atom stereocenters. The van der Waals surface area contributed by atoms with Gasteiger partial charge in [-0.15, -0.1) is 0 Å². The summed E-state index contributed by atoms with van der Waals surface area (Å²) in [5.41, 5.74) is 2.44. The molecule has 146 valence electrons. The van der Waals surface area contributed by atoms with Crippen LogP contribution in [0.15, 0.2) is 48.7 Å². The van der Waals surface area contributed by atoms with Crippen molar-refractivity contribution in [3.63, 3.8) is 0 Å². The number of hydrogen-bond donors (Lipinski definition) is 2. The van der Waals surface area contributed by atoms with Gasteiger partial charge in [0.25, 0.3) is 5.69 Å². The van der Waals surface area contributed by atoms with Crippen LogP contribution < -0.4 is 5.32 Å².